The lowest BCUT2D eigenvalue weighted by atomic mass is 9.92. The van der Waals surface area contributed by atoms with Crippen LogP contribution in [0.15, 0.2) is 23.1 Å². The second-order valence-electron chi connectivity index (χ2n) is 5.41. The van der Waals surface area contributed by atoms with Crippen molar-refractivity contribution in [2.24, 2.45) is 5.92 Å². The third-order valence-corrected chi connectivity index (χ3v) is 5.01. The zero-order valence-electron chi connectivity index (χ0n) is 12.6. The summed E-state index contributed by atoms with van der Waals surface area (Å²) in [6, 6.07) is 8.69. The van der Waals surface area contributed by atoms with Gasteiger partial charge >= 0.3 is 0 Å². The van der Waals surface area contributed by atoms with Gasteiger partial charge in [0.2, 0.25) is 0 Å². The van der Waals surface area contributed by atoms with Crippen LogP contribution in [-0.2, 0) is 0 Å². The molecule has 0 amide bonds. The Balaban J connectivity index is 2.14. The van der Waals surface area contributed by atoms with Crippen LogP contribution < -0.4 is 4.90 Å². The quantitative estimate of drug-likeness (QED) is 0.736. The summed E-state index contributed by atoms with van der Waals surface area (Å²) in [4.78, 5) is 3.54. The number of hydrogen-bond donors (Lipinski definition) is 0. The van der Waals surface area contributed by atoms with E-state index in [9.17, 15) is 5.26 Å². The molecule has 1 aliphatic rings. The first-order valence-corrected chi connectivity index (χ1v) is 8.69. The Labute approximate surface area is 127 Å². The maximum absolute atomic E-state index is 9.50. The molecule has 1 fully saturated rings. The smallest absolute Gasteiger partial charge is 0.103 e. The van der Waals surface area contributed by atoms with Crippen LogP contribution in [0.4, 0.5) is 5.69 Å². The summed E-state index contributed by atoms with van der Waals surface area (Å²) in [5, 5.41) is 9.50. The van der Waals surface area contributed by atoms with E-state index in [4.69, 9.17) is 0 Å². The largest absolute Gasteiger partial charge is 0.370 e. The topological polar surface area (TPSA) is 27.0 Å². The second kappa shape index (κ2) is 7.59. The normalized spacial score (nSPS) is 16.1. The zero-order valence-corrected chi connectivity index (χ0v) is 13.4. The molecule has 1 heterocycles. The summed E-state index contributed by atoms with van der Waals surface area (Å²) in [5.41, 5.74) is 2.01. The highest BCUT2D eigenvalue weighted by atomic mass is 32.2. The van der Waals surface area contributed by atoms with Crippen molar-refractivity contribution in [1.29, 1.82) is 5.26 Å². The Morgan fingerprint density at radius 3 is 2.65 bits per heavy atom. The highest BCUT2D eigenvalue weighted by Gasteiger charge is 2.21. The van der Waals surface area contributed by atoms with Gasteiger partial charge in [0.25, 0.3) is 0 Å². The Morgan fingerprint density at radius 2 is 2.05 bits per heavy atom. The lowest BCUT2D eigenvalue weighted by Gasteiger charge is -2.34. The van der Waals surface area contributed by atoms with Gasteiger partial charge in [0, 0.05) is 18.0 Å². The molecule has 1 saturated heterocycles. The number of benzene rings is 1. The molecule has 0 N–H and O–H groups in total. The number of piperidine rings is 1. The van der Waals surface area contributed by atoms with Gasteiger partial charge in [-0.25, -0.2) is 0 Å². The lowest BCUT2D eigenvalue weighted by Crippen LogP contribution is -2.34. The summed E-state index contributed by atoms with van der Waals surface area (Å²) in [6.45, 7) is 6.60. The fourth-order valence-corrected chi connectivity index (χ4v) is 3.82. The average molecular weight is 288 g/mol. The fraction of sp³-hybridized carbons (Fsp3) is 0.588. The van der Waals surface area contributed by atoms with Gasteiger partial charge < -0.3 is 4.90 Å². The summed E-state index contributed by atoms with van der Waals surface area (Å²) in [5.74, 6) is 1.89. The average Bonchev–Trinajstić information content (AvgIpc) is 2.48. The molecule has 0 bridgehead atoms. The minimum absolute atomic E-state index is 0.869. The van der Waals surface area contributed by atoms with Crippen LogP contribution in [0, 0.1) is 17.2 Å². The number of hydrogen-bond acceptors (Lipinski definition) is 3. The summed E-state index contributed by atoms with van der Waals surface area (Å²) in [7, 11) is 0. The zero-order chi connectivity index (χ0) is 14.4. The van der Waals surface area contributed by atoms with Gasteiger partial charge in [-0.05, 0) is 36.6 Å². The molecule has 108 valence electrons. The number of thioether (sulfide) groups is 1. The first-order chi connectivity index (χ1) is 9.80. The van der Waals surface area contributed by atoms with Gasteiger partial charge in [-0.1, -0.05) is 32.8 Å². The Morgan fingerprint density at radius 1 is 1.30 bits per heavy atom. The van der Waals surface area contributed by atoms with Crippen LogP contribution >= 0.6 is 11.8 Å². The van der Waals surface area contributed by atoms with Gasteiger partial charge in [0.15, 0.2) is 0 Å². The maximum Gasteiger partial charge on any atom is 0.103 e. The predicted molar refractivity (Wildman–Crippen MR) is 87.4 cm³/mol. The Bertz CT molecular complexity index is 470. The van der Waals surface area contributed by atoms with E-state index in [1.807, 2.05) is 0 Å². The molecule has 1 aromatic carbocycles. The van der Waals surface area contributed by atoms with Crippen molar-refractivity contribution in [3.63, 3.8) is 0 Å². The molecule has 1 aliphatic heterocycles. The lowest BCUT2D eigenvalue weighted by molar-refractivity contribution is 0.378. The van der Waals surface area contributed by atoms with Crippen LogP contribution in [0.3, 0.4) is 0 Å². The van der Waals surface area contributed by atoms with Gasteiger partial charge in [0.1, 0.15) is 6.07 Å². The van der Waals surface area contributed by atoms with Crippen LogP contribution in [0.5, 0.6) is 0 Å². The van der Waals surface area contributed by atoms with Crippen molar-refractivity contribution in [3.05, 3.63) is 23.8 Å². The molecule has 0 atom stereocenters. The van der Waals surface area contributed by atoms with Crippen molar-refractivity contribution in [2.45, 2.75) is 44.4 Å². The van der Waals surface area contributed by atoms with Crippen LogP contribution in [0.2, 0.25) is 0 Å². The van der Waals surface area contributed by atoms with E-state index in [1.54, 1.807) is 11.8 Å². The fourth-order valence-electron chi connectivity index (χ4n) is 3.04. The first kappa shape index (κ1) is 15.3. The van der Waals surface area contributed by atoms with E-state index in [0.29, 0.717) is 0 Å². The van der Waals surface area contributed by atoms with Gasteiger partial charge in [-0.2, -0.15) is 5.26 Å². The SMILES string of the molecule is CCCC1CCN(c2cccc(SCC)c2C#N)CC1. The van der Waals surface area contributed by atoms with Gasteiger partial charge in [-0.15, -0.1) is 11.8 Å². The van der Waals surface area contributed by atoms with E-state index >= 15 is 0 Å². The molecule has 0 aromatic heterocycles. The molecule has 0 unspecified atom stereocenters. The second-order valence-corrected chi connectivity index (χ2v) is 6.72. The molecule has 2 rings (SSSR count). The predicted octanol–water partition coefficient (Wildman–Crippen LogP) is 4.69. The van der Waals surface area contributed by atoms with Crippen molar-refractivity contribution in [3.8, 4) is 6.07 Å². The summed E-state index contributed by atoms with van der Waals surface area (Å²) >= 11 is 1.76. The minimum Gasteiger partial charge on any atom is -0.370 e. The molecule has 2 nitrogen and oxygen atoms in total. The van der Waals surface area contributed by atoms with E-state index in [-0.39, 0.29) is 0 Å². The molecular formula is C17H24N2S. The van der Waals surface area contributed by atoms with Crippen molar-refractivity contribution >= 4 is 17.4 Å². The highest BCUT2D eigenvalue weighted by Crippen LogP contribution is 2.33. The number of nitrogens with zero attached hydrogens (tertiary/aromatic N) is 2. The summed E-state index contributed by atoms with van der Waals surface area (Å²) < 4.78 is 0. The monoisotopic (exact) mass is 288 g/mol. The standard InChI is InChI=1S/C17H24N2S/c1-3-6-14-9-11-19(12-10-14)16-7-5-8-17(20-4-2)15(16)13-18/h5,7-8,14H,3-4,6,9-12H2,1-2H3. The molecule has 0 aliphatic carbocycles. The molecule has 3 heteroatoms. The number of nitriles is 1. The van der Waals surface area contributed by atoms with E-state index < -0.39 is 0 Å². The Kier molecular flexibility index (Phi) is 5.79. The van der Waals surface area contributed by atoms with E-state index in [0.717, 1.165) is 40.9 Å². The molecule has 0 saturated carbocycles. The molecule has 0 spiro atoms. The van der Waals surface area contributed by atoms with Crippen LogP contribution in [0.25, 0.3) is 0 Å². The third-order valence-electron chi connectivity index (χ3n) is 4.07. The number of rotatable bonds is 5. The van der Waals surface area contributed by atoms with Crippen molar-refractivity contribution in [1.82, 2.24) is 0 Å². The van der Waals surface area contributed by atoms with Crippen molar-refractivity contribution in [2.75, 3.05) is 23.7 Å². The maximum atomic E-state index is 9.50. The molecular weight excluding hydrogens is 264 g/mol. The van der Waals surface area contributed by atoms with E-state index in [1.165, 1.54) is 25.7 Å². The highest BCUT2D eigenvalue weighted by molar-refractivity contribution is 7.99. The van der Waals surface area contributed by atoms with Crippen molar-refractivity contribution < 1.29 is 0 Å². The summed E-state index contributed by atoms with van der Waals surface area (Å²) in [6.07, 6.45) is 5.18. The van der Waals surface area contributed by atoms with Crippen LogP contribution in [0.1, 0.15) is 45.1 Å². The third kappa shape index (κ3) is 3.49. The molecule has 20 heavy (non-hydrogen) atoms. The number of anilines is 1. The molecule has 0 radical (unpaired) electrons. The van der Waals surface area contributed by atoms with Crippen LogP contribution in [-0.4, -0.2) is 18.8 Å². The minimum atomic E-state index is 0.869. The Hall–Kier alpha value is -1.14. The van der Waals surface area contributed by atoms with Gasteiger partial charge in [-0.3, -0.25) is 0 Å². The first-order valence-electron chi connectivity index (χ1n) is 7.71. The van der Waals surface area contributed by atoms with E-state index in [2.05, 4.69) is 43.0 Å². The van der Waals surface area contributed by atoms with Gasteiger partial charge in [0.05, 0.1) is 11.3 Å². The molecule has 1 aromatic rings.